The summed E-state index contributed by atoms with van der Waals surface area (Å²) in [5, 5.41) is 14.8. The molecular formula is C12H17Cl2N3O2. The molecule has 0 unspecified atom stereocenters. The monoisotopic (exact) mass is 305 g/mol. The van der Waals surface area contributed by atoms with Crippen LogP contribution in [-0.4, -0.2) is 18.0 Å². The normalized spacial score (nSPS) is 17.6. The highest BCUT2D eigenvalue weighted by Gasteiger charge is 2.27. The first-order valence-electron chi connectivity index (χ1n) is 5.99. The first kappa shape index (κ1) is 16.2. The molecule has 1 fully saturated rings. The summed E-state index contributed by atoms with van der Waals surface area (Å²) in [6.45, 7) is 1.82. The van der Waals surface area contributed by atoms with Crippen molar-refractivity contribution in [2.45, 2.75) is 18.9 Å². The van der Waals surface area contributed by atoms with Crippen LogP contribution in [0, 0.1) is 16.0 Å². The lowest BCUT2D eigenvalue weighted by atomic mass is 9.86. The van der Waals surface area contributed by atoms with E-state index in [9.17, 15) is 10.1 Å². The second-order valence-electron chi connectivity index (χ2n) is 4.57. The zero-order valence-corrected chi connectivity index (χ0v) is 11.9. The summed E-state index contributed by atoms with van der Waals surface area (Å²) in [7, 11) is 0. The first-order valence-corrected chi connectivity index (χ1v) is 6.37. The van der Waals surface area contributed by atoms with E-state index in [4.69, 9.17) is 17.3 Å². The number of nitro benzene ring substituents is 1. The number of nitrogens with two attached hydrogens (primary N) is 1. The van der Waals surface area contributed by atoms with Crippen LogP contribution in [0.3, 0.4) is 0 Å². The first-order chi connectivity index (χ1) is 8.59. The maximum absolute atomic E-state index is 11.0. The predicted molar refractivity (Wildman–Crippen MR) is 77.9 cm³/mol. The maximum atomic E-state index is 11.0. The van der Waals surface area contributed by atoms with Gasteiger partial charge in [0.1, 0.15) is 0 Å². The molecule has 1 aromatic carbocycles. The molecule has 5 nitrogen and oxygen atoms in total. The minimum atomic E-state index is -0.396. The Kier molecular flexibility index (Phi) is 6.00. The van der Waals surface area contributed by atoms with E-state index in [1.807, 2.05) is 0 Å². The number of benzene rings is 1. The third-order valence-corrected chi connectivity index (χ3v) is 3.67. The van der Waals surface area contributed by atoms with Crippen LogP contribution >= 0.6 is 24.0 Å². The molecular weight excluding hydrogens is 289 g/mol. The van der Waals surface area contributed by atoms with E-state index in [0.29, 0.717) is 10.6 Å². The highest BCUT2D eigenvalue weighted by atomic mass is 35.5. The van der Waals surface area contributed by atoms with Crippen molar-refractivity contribution in [2.75, 3.05) is 13.1 Å². The summed E-state index contributed by atoms with van der Waals surface area (Å²) in [6.07, 6.45) is 1.87. The van der Waals surface area contributed by atoms with Crippen molar-refractivity contribution >= 4 is 29.7 Å². The highest BCUT2D eigenvalue weighted by Crippen LogP contribution is 2.34. The van der Waals surface area contributed by atoms with Crippen LogP contribution in [0.4, 0.5) is 5.69 Å². The molecule has 0 bridgehead atoms. The van der Waals surface area contributed by atoms with Gasteiger partial charge in [0, 0.05) is 22.7 Å². The Morgan fingerprint density at radius 1 is 1.42 bits per heavy atom. The van der Waals surface area contributed by atoms with Crippen molar-refractivity contribution < 1.29 is 4.92 Å². The minimum Gasteiger partial charge on any atom is -0.323 e. The van der Waals surface area contributed by atoms with Crippen LogP contribution in [0.5, 0.6) is 0 Å². The Labute approximate surface area is 123 Å². The van der Waals surface area contributed by atoms with Gasteiger partial charge in [-0.3, -0.25) is 10.1 Å². The fraction of sp³-hybridized carbons (Fsp3) is 0.500. The number of nitro groups is 1. The van der Waals surface area contributed by atoms with Gasteiger partial charge in [0.05, 0.1) is 4.92 Å². The molecule has 0 aliphatic carbocycles. The molecule has 0 saturated carbocycles. The molecule has 1 heterocycles. The number of piperidine rings is 1. The largest absolute Gasteiger partial charge is 0.323 e. The Morgan fingerprint density at radius 3 is 2.63 bits per heavy atom. The van der Waals surface area contributed by atoms with Gasteiger partial charge >= 0.3 is 0 Å². The average molecular weight is 306 g/mol. The average Bonchev–Trinajstić information content (AvgIpc) is 2.38. The molecule has 106 valence electrons. The summed E-state index contributed by atoms with van der Waals surface area (Å²) < 4.78 is 0. The standard InChI is InChI=1S/C12H16ClN3O2.ClH/c13-9-1-2-11(16(17)18)10(7-9)12(14)8-3-5-15-6-4-8;/h1-2,7-8,12,15H,3-6,14H2;1H/t12-;/m1./s1. The van der Waals surface area contributed by atoms with E-state index in [1.54, 1.807) is 6.07 Å². The van der Waals surface area contributed by atoms with E-state index < -0.39 is 4.92 Å². The third kappa shape index (κ3) is 3.79. The number of rotatable bonds is 3. The quantitative estimate of drug-likeness (QED) is 0.664. The van der Waals surface area contributed by atoms with Crippen LogP contribution in [0.15, 0.2) is 18.2 Å². The van der Waals surface area contributed by atoms with Crippen molar-refractivity contribution in [3.63, 3.8) is 0 Å². The van der Waals surface area contributed by atoms with Gasteiger partial charge in [-0.1, -0.05) is 11.6 Å². The SMILES string of the molecule is Cl.N[C@@H](c1cc(Cl)ccc1[N+](=O)[O-])C1CCNCC1. The van der Waals surface area contributed by atoms with Gasteiger partial charge < -0.3 is 11.1 Å². The Hall–Kier alpha value is -0.880. The van der Waals surface area contributed by atoms with Crippen LogP contribution in [-0.2, 0) is 0 Å². The molecule has 2 rings (SSSR count). The minimum absolute atomic E-state index is 0. The molecule has 0 spiro atoms. The fourth-order valence-corrected chi connectivity index (χ4v) is 2.60. The predicted octanol–water partition coefficient (Wildman–Crippen LogP) is 2.67. The zero-order valence-electron chi connectivity index (χ0n) is 10.3. The molecule has 1 aliphatic rings. The number of halogens is 2. The summed E-state index contributed by atoms with van der Waals surface area (Å²) >= 11 is 5.91. The van der Waals surface area contributed by atoms with Crippen LogP contribution < -0.4 is 11.1 Å². The molecule has 0 amide bonds. The fourth-order valence-electron chi connectivity index (χ4n) is 2.42. The van der Waals surface area contributed by atoms with Crippen molar-refractivity contribution in [3.8, 4) is 0 Å². The second kappa shape index (κ2) is 7.05. The van der Waals surface area contributed by atoms with E-state index in [1.165, 1.54) is 12.1 Å². The topological polar surface area (TPSA) is 81.2 Å². The van der Waals surface area contributed by atoms with E-state index >= 15 is 0 Å². The Morgan fingerprint density at radius 2 is 2.05 bits per heavy atom. The Balaban J connectivity index is 0.00000180. The Bertz CT molecular complexity index is 451. The molecule has 0 radical (unpaired) electrons. The summed E-state index contributed by atoms with van der Waals surface area (Å²) in [5.41, 5.74) is 6.79. The lowest BCUT2D eigenvalue weighted by molar-refractivity contribution is -0.385. The van der Waals surface area contributed by atoms with Crippen LogP contribution in [0.1, 0.15) is 24.4 Å². The molecule has 1 saturated heterocycles. The second-order valence-corrected chi connectivity index (χ2v) is 5.01. The highest BCUT2D eigenvalue weighted by molar-refractivity contribution is 6.30. The van der Waals surface area contributed by atoms with E-state index in [2.05, 4.69) is 5.32 Å². The van der Waals surface area contributed by atoms with Gasteiger partial charge in [0.15, 0.2) is 0 Å². The van der Waals surface area contributed by atoms with Crippen LogP contribution in [0.2, 0.25) is 5.02 Å². The van der Waals surface area contributed by atoms with Crippen molar-refractivity contribution in [2.24, 2.45) is 11.7 Å². The molecule has 3 N–H and O–H groups in total. The van der Waals surface area contributed by atoms with Gasteiger partial charge in [0.25, 0.3) is 5.69 Å². The van der Waals surface area contributed by atoms with Crippen molar-refractivity contribution in [1.82, 2.24) is 5.32 Å². The smallest absolute Gasteiger partial charge is 0.274 e. The summed E-state index contributed by atoms with van der Waals surface area (Å²) in [5.74, 6) is 0.267. The molecule has 7 heteroatoms. The van der Waals surface area contributed by atoms with E-state index in [0.717, 1.165) is 25.9 Å². The van der Waals surface area contributed by atoms with E-state index in [-0.39, 0.29) is 30.1 Å². The van der Waals surface area contributed by atoms with Gasteiger partial charge in [-0.2, -0.15) is 0 Å². The van der Waals surface area contributed by atoms with Gasteiger partial charge in [0.2, 0.25) is 0 Å². The van der Waals surface area contributed by atoms with Gasteiger partial charge in [-0.25, -0.2) is 0 Å². The molecule has 19 heavy (non-hydrogen) atoms. The zero-order chi connectivity index (χ0) is 13.1. The number of hydrogen-bond acceptors (Lipinski definition) is 4. The van der Waals surface area contributed by atoms with Gasteiger partial charge in [-0.15, -0.1) is 12.4 Å². The van der Waals surface area contributed by atoms with Crippen molar-refractivity contribution in [1.29, 1.82) is 0 Å². The molecule has 1 aliphatic heterocycles. The van der Waals surface area contributed by atoms with Crippen LogP contribution in [0.25, 0.3) is 0 Å². The summed E-state index contributed by atoms with van der Waals surface area (Å²) in [6, 6.07) is 4.25. The lowest BCUT2D eigenvalue weighted by Gasteiger charge is -2.28. The van der Waals surface area contributed by atoms with Crippen molar-refractivity contribution in [3.05, 3.63) is 38.9 Å². The molecule has 1 aromatic rings. The summed E-state index contributed by atoms with van der Waals surface area (Å²) in [4.78, 5) is 10.6. The molecule has 0 aromatic heterocycles. The van der Waals surface area contributed by atoms with Gasteiger partial charge in [-0.05, 0) is 44.0 Å². The third-order valence-electron chi connectivity index (χ3n) is 3.44. The molecule has 1 atom stereocenters. The number of nitrogens with zero attached hydrogens (tertiary/aromatic N) is 1. The maximum Gasteiger partial charge on any atom is 0.274 e. The lowest BCUT2D eigenvalue weighted by Crippen LogP contribution is -2.34. The number of hydrogen-bond donors (Lipinski definition) is 2. The number of nitrogens with one attached hydrogen (secondary N) is 1.